The monoisotopic (exact) mass is 280 g/mol. The summed E-state index contributed by atoms with van der Waals surface area (Å²) in [5.41, 5.74) is 6.78. The van der Waals surface area contributed by atoms with Gasteiger partial charge in [0.1, 0.15) is 0 Å². The number of ketones is 1. The van der Waals surface area contributed by atoms with Crippen LogP contribution in [0.25, 0.3) is 5.70 Å². The van der Waals surface area contributed by atoms with Gasteiger partial charge in [0, 0.05) is 25.7 Å². The predicted octanol–water partition coefficient (Wildman–Crippen LogP) is 3.29. The zero-order valence-corrected chi connectivity index (χ0v) is 12.6. The Labute approximate surface area is 125 Å². The molecule has 2 aromatic rings. The quantitative estimate of drug-likeness (QED) is 0.518. The van der Waals surface area contributed by atoms with Gasteiger partial charge in [0.05, 0.1) is 5.70 Å². The van der Waals surface area contributed by atoms with Crippen molar-refractivity contribution in [3.63, 3.8) is 0 Å². The Morgan fingerprint density at radius 2 is 1.57 bits per heavy atom. The van der Waals surface area contributed by atoms with Gasteiger partial charge in [0.2, 0.25) is 0 Å². The number of rotatable bonds is 5. The molecule has 0 aliphatic rings. The summed E-state index contributed by atoms with van der Waals surface area (Å²) < 4.78 is 0. The topological polar surface area (TPSA) is 32.3 Å². The van der Waals surface area contributed by atoms with Gasteiger partial charge in [0.25, 0.3) is 0 Å². The van der Waals surface area contributed by atoms with E-state index in [1.54, 1.807) is 6.08 Å². The molecule has 0 aromatic heterocycles. The maximum atomic E-state index is 12.4. The minimum absolute atomic E-state index is 0.0109. The standard InChI is InChI=1S/C18H20N2O/c1-14-9-11-16(12-10-14)18(21)13-17(19-20(2)3)15-7-5-4-6-8-15/h4-13,19H,1-3H3/b17-13+. The average Bonchev–Trinajstić information content (AvgIpc) is 2.47. The molecule has 2 aromatic carbocycles. The fourth-order valence-corrected chi connectivity index (χ4v) is 1.97. The van der Waals surface area contributed by atoms with E-state index in [1.807, 2.05) is 80.6 Å². The fraction of sp³-hybridized carbons (Fsp3) is 0.167. The number of aryl methyl sites for hydroxylation is 1. The second-order valence-corrected chi connectivity index (χ2v) is 5.16. The van der Waals surface area contributed by atoms with Crippen molar-refractivity contribution in [2.24, 2.45) is 0 Å². The van der Waals surface area contributed by atoms with E-state index in [0.29, 0.717) is 5.56 Å². The van der Waals surface area contributed by atoms with Crippen molar-refractivity contribution in [3.05, 3.63) is 77.4 Å². The molecular weight excluding hydrogens is 260 g/mol. The molecule has 0 bridgehead atoms. The fourth-order valence-electron chi connectivity index (χ4n) is 1.97. The third-order valence-electron chi connectivity index (χ3n) is 3.04. The normalized spacial score (nSPS) is 11.5. The molecule has 0 radical (unpaired) electrons. The number of hydrazine groups is 1. The van der Waals surface area contributed by atoms with Gasteiger partial charge in [-0.2, -0.15) is 0 Å². The van der Waals surface area contributed by atoms with Crippen molar-refractivity contribution >= 4 is 11.5 Å². The number of hydrogen-bond acceptors (Lipinski definition) is 3. The Morgan fingerprint density at radius 1 is 0.952 bits per heavy atom. The second-order valence-electron chi connectivity index (χ2n) is 5.16. The summed E-state index contributed by atoms with van der Waals surface area (Å²) in [6.07, 6.45) is 1.64. The lowest BCUT2D eigenvalue weighted by Crippen LogP contribution is -2.29. The van der Waals surface area contributed by atoms with Gasteiger partial charge in [0.15, 0.2) is 5.78 Å². The third kappa shape index (κ3) is 4.29. The first-order valence-electron chi connectivity index (χ1n) is 6.88. The molecule has 0 spiro atoms. The summed E-state index contributed by atoms with van der Waals surface area (Å²) in [4.78, 5) is 12.4. The summed E-state index contributed by atoms with van der Waals surface area (Å²) in [7, 11) is 3.79. The third-order valence-corrected chi connectivity index (χ3v) is 3.04. The molecule has 0 amide bonds. The van der Waals surface area contributed by atoms with E-state index in [1.165, 1.54) is 0 Å². The van der Waals surface area contributed by atoms with E-state index in [4.69, 9.17) is 0 Å². The molecule has 0 unspecified atom stereocenters. The molecule has 0 heterocycles. The molecule has 21 heavy (non-hydrogen) atoms. The van der Waals surface area contributed by atoms with Gasteiger partial charge in [-0.3, -0.25) is 4.79 Å². The van der Waals surface area contributed by atoms with E-state index < -0.39 is 0 Å². The van der Waals surface area contributed by atoms with Gasteiger partial charge in [-0.1, -0.05) is 60.2 Å². The molecule has 108 valence electrons. The number of nitrogens with one attached hydrogen (secondary N) is 1. The van der Waals surface area contributed by atoms with E-state index in [2.05, 4.69) is 5.43 Å². The maximum absolute atomic E-state index is 12.4. The minimum Gasteiger partial charge on any atom is -0.319 e. The summed E-state index contributed by atoms with van der Waals surface area (Å²) in [5.74, 6) is -0.0109. The molecule has 0 saturated heterocycles. The van der Waals surface area contributed by atoms with Crippen LogP contribution in [-0.2, 0) is 0 Å². The number of carbonyl (C=O) groups is 1. The number of carbonyl (C=O) groups excluding carboxylic acids is 1. The highest BCUT2D eigenvalue weighted by molar-refractivity contribution is 6.08. The van der Waals surface area contributed by atoms with E-state index >= 15 is 0 Å². The van der Waals surface area contributed by atoms with Crippen LogP contribution < -0.4 is 5.43 Å². The van der Waals surface area contributed by atoms with Crippen LogP contribution in [0.5, 0.6) is 0 Å². The Kier molecular flexibility index (Phi) is 4.90. The van der Waals surface area contributed by atoms with Crippen LogP contribution in [0.2, 0.25) is 0 Å². The van der Waals surface area contributed by atoms with Gasteiger partial charge >= 0.3 is 0 Å². The highest BCUT2D eigenvalue weighted by Crippen LogP contribution is 2.13. The highest BCUT2D eigenvalue weighted by atomic mass is 16.1. The molecule has 0 aliphatic carbocycles. The van der Waals surface area contributed by atoms with E-state index in [9.17, 15) is 4.79 Å². The SMILES string of the molecule is Cc1ccc(C(=O)/C=C(/NN(C)C)c2ccccc2)cc1. The molecule has 0 atom stereocenters. The minimum atomic E-state index is -0.0109. The molecular formula is C18H20N2O. The number of nitrogens with zero attached hydrogens (tertiary/aromatic N) is 1. The Balaban J connectivity index is 2.31. The summed E-state index contributed by atoms with van der Waals surface area (Å²) in [6, 6.07) is 17.4. The van der Waals surface area contributed by atoms with Crippen LogP contribution in [0.15, 0.2) is 60.7 Å². The van der Waals surface area contributed by atoms with Gasteiger partial charge < -0.3 is 5.43 Å². The maximum Gasteiger partial charge on any atom is 0.187 e. The van der Waals surface area contributed by atoms with Crippen LogP contribution in [0.4, 0.5) is 0 Å². The molecule has 3 nitrogen and oxygen atoms in total. The average molecular weight is 280 g/mol. The molecule has 0 fully saturated rings. The molecule has 3 heteroatoms. The molecule has 2 rings (SSSR count). The predicted molar refractivity (Wildman–Crippen MR) is 86.8 cm³/mol. The lowest BCUT2D eigenvalue weighted by molar-refractivity contribution is 0.104. The second kappa shape index (κ2) is 6.86. The van der Waals surface area contributed by atoms with Crippen molar-refractivity contribution in [1.82, 2.24) is 10.4 Å². The van der Waals surface area contributed by atoms with Crippen LogP contribution in [0.1, 0.15) is 21.5 Å². The van der Waals surface area contributed by atoms with Gasteiger partial charge in [-0.25, -0.2) is 5.01 Å². The van der Waals surface area contributed by atoms with Gasteiger partial charge in [-0.05, 0) is 12.5 Å². The lowest BCUT2D eigenvalue weighted by Gasteiger charge is -2.17. The van der Waals surface area contributed by atoms with Crippen molar-refractivity contribution in [3.8, 4) is 0 Å². The van der Waals surface area contributed by atoms with E-state index in [0.717, 1.165) is 16.8 Å². The van der Waals surface area contributed by atoms with Crippen molar-refractivity contribution in [2.75, 3.05) is 14.1 Å². The smallest absolute Gasteiger partial charge is 0.187 e. The first-order valence-corrected chi connectivity index (χ1v) is 6.88. The molecule has 0 aliphatic heterocycles. The number of benzene rings is 2. The summed E-state index contributed by atoms with van der Waals surface area (Å²) in [6.45, 7) is 2.01. The zero-order valence-electron chi connectivity index (χ0n) is 12.6. The Morgan fingerprint density at radius 3 is 2.14 bits per heavy atom. The van der Waals surface area contributed by atoms with Crippen molar-refractivity contribution < 1.29 is 4.79 Å². The number of hydrogen-bond donors (Lipinski definition) is 1. The summed E-state index contributed by atoms with van der Waals surface area (Å²) in [5, 5.41) is 1.82. The van der Waals surface area contributed by atoms with E-state index in [-0.39, 0.29) is 5.78 Å². The van der Waals surface area contributed by atoms with Crippen LogP contribution in [0, 0.1) is 6.92 Å². The van der Waals surface area contributed by atoms with Gasteiger partial charge in [-0.15, -0.1) is 0 Å². The Hall–Kier alpha value is -2.39. The van der Waals surface area contributed by atoms with Crippen LogP contribution >= 0.6 is 0 Å². The van der Waals surface area contributed by atoms with Crippen LogP contribution in [-0.4, -0.2) is 24.9 Å². The van der Waals surface area contributed by atoms with Crippen molar-refractivity contribution in [2.45, 2.75) is 6.92 Å². The van der Waals surface area contributed by atoms with Crippen molar-refractivity contribution in [1.29, 1.82) is 0 Å². The van der Waals surface area contributed by atoms with Crippen LogP contribution in [0.3, 0.4) is 0 Å². The number of allylic oxidation sites excluding steroid dienone is 1. The Bertz CT molecular complexity index is 628. The first-order chi connectivity index (χ1) is 10.1. The first kappa shape index (κ1) is 15.0. The highest BCUT2D eigenvalue weighted by Gasteiger charge is 2.07. The zero-order chi connectivity index (χ0) is 15.2. The molecule has 1 N–H and O–H groups in total. The lowest BCUT2D eigenvalue weighted by atomic mass is 10.1. The summed E-state index contributed by atoms with van der Waals surface area (Å²) >= 11 is 0. The molecule has 0 saturated carbocycles. The largest absolute Gasteiger partial charge is 0.319 e.